The van der Waals surface area contributed by atoms with Gasteiger partial charge in [0.15, 0.2) is 11.5 Å². The summed E-state index contributed by atoms with van der Waals surface area (Å²) in [5.41, 5.74) is 0.114. The number of carboxylic acids is 1. The molecule has 20 heavy (non-hydrogen) atoms. The van der Waals surface area contributed by atoms with E-state index in [4.69, 9.17) is 9.63 Å². The first kappa shape index (κ1) is 14.3. The molecule has 7 heteroatoms. The van der Waals surface area contributed by atoms with Crippen LogP contribution < -0.4 is 0 Å². The summed E-state index contributed by atoms with van der Waals surface area (Å²) < 4.78 is 5.13. The molecule has 1 N–H and O–H groups in total. The highest BCUT2D eigenvalue weighted by atomic mass is 32.1. The lowest BCUT2D eigenvalue weighted by atomic mass is 10.2. The first-order chi connectivity index (χ1) is 9.49. The average Bonchev–Trinajstić information content (AvgIpc) is 3.04. The van der Waals surface area contributed by atoms with Gasteiger partial charge in [-0.3, -0.25) is 9.59 Å². The quantitative estimate of drug-likeness (QED) is 0.915. The van der Waals surface area contributed by atoms with Gasteiger partial charge in [0.2, 0.25) is 0 Å². The van der Waals surface area contributed by atoms with E-state index in [-0.39, 0.29) is 18.3 Å². The van der Waals surface area contributed by atoms with Crippen LogP contribution in [0.3, 0.4) is 0 Å². The van der Waals surface area contributed by atoms with Crippen molar-refractivity contribution < 1.29 is 19.2 Å². The van der Waals surface area contributed by atoms with Gasteiger partial charge in [0, 0.05) is 12.1 Å². The molecule has 0 saturated carbocycles. The summed E-state index contributed by atoms with van der Waals surface area (Å²) in [6.07, 6.45) is 0. The number of hydrogen-bond acceptors (Lipinski definition) is 5. The second-order valence-electron chi connectivity index (χ2n) is 4.47. The Balaban J connectivity index is 2.22. The molecule has 0 aliphatic carbocycles. The Morgan fingerprint density at radius 2 is 2.25 bits per heavy atom. The van der Waals surface area contributed by atoms with Gasteiger partial charge in [-0.25, -0.2) is 0 Å². The molecule has 2 heterocycles. The largest absolute Gasteiger partial charge is 0.480 e. The summed E-state index contributed by atoms with van der Waals surface area (Å²) in [6.45, 7) is 3.14. The van der Waals surface area contributed by atoms with Crippen molar-refractivity contribution in [2.75, 3.05) is 6.54 Å². The molecule has 0 aliphatic rings. The monoisotopic (exact) mass is 294 g/mol. The van der Waals surface area contributed by atoms with Crippen LogP contribution in [0.25, 0.3) is 10.6 Å². The molecule has 0 bridgehead atoms. The van der Waals surface area contributed by atoms with Crippen LogP contribution in [-0.4, -0.2) is 39.6 Å². The fraction of sp³-hybridized carbons (Fsp3) is 0.308. The summed E-state index contributed by atoms with van der Waals surface area (Å²) >= 11 is 1.47. The van der Waals surface area contributed by atoms with E-state index in [0.29, 0.717) is 5.76 Å². The molecule has 6 nitrogen and oxygen atoms in total. The molecule has 2 aromatic rings. The van der Waals surface area contributed by atoms with E-state index in [1.165, 1.54) is 22.3 Å². The third-order valence-corrected chi connectivity index (χ3v) is 3.57. The highest BCUT2D eigenvalue weighted by Gasteiger charge is 2.24. The Bertz CT molecular complexity index is 604. The average molecular weight is 294 g/mol. The van der Waals surface area contributed by atoms with Crippen LogP contribution in [0, 0.1) is 0 Å². The maximum atomic E-state index is 12.2. The molecule has 0 spiro atoms. The molecule has 2 aromatic heterocycles. The zero-order valence-corrected chi connectivity index (χ0v) is 11.9. The predicted molar refractivity (Wildman–Crippen MR) is 73.6 cm³/mol. The summed E-state index contributed by atoms with van der Waals surface area (Å²) in [7, 11) is 0. The number of rotatable bonds is 5. The van der Waals surface area contributed by atoms with Gasteiger partial charge in [-0.1, -0.05) is 11.2 Å². The van der Waals surface area contributed by atoms with Gasteiger partial charge < -0.3 is 14.5 Å². The van der Waals surface area contributed by atoms with Crippen LogP contribution in [0.5, 0.6) is 0 Å². The second-order valence-corrected chi connectivity index (χ2v) is 5.42. The minimum Gasteiger partial charge on any atom is -0.480 e. The van der Waals surface area contributed by atoms with E-state index < -0.39 is 11.9 Å². The second kappa shape index (κ2) is 5.87. The zero-order chi connectivity index (χ0) is 14.7. The van der Waals surface area contributed by atoms with Gasteiger partial charge in [0.05, 0.1) is 4.88 Å². The number of carbonyl (C=O) groups excluding carboxylic acids is 1. The molecule has 106 valence electrons. The Morgan fingerprint density at radius 3 is 2.80 bits per heavy atom. The van der Waals surface area contributed by atoms with Gasteiger partial charge in [0.25, 0.3) is 5.91 Å². The summed E-state index contributed by atoms with van der Waals surface area (Å²) in [6, 6.07) is 5.03. The zero-order valence-electron chi connectivity index (χ0n) is 11.1. The van der Waals surface area contributed by atoms with Crippen LogP contribution in [0.2, 0.25) is 0 Å². The number of hydrogen-bond donors (Lipinski definition) is 1. The summed E-state index contributed by atoms with van der Waals surface area (Å²) in [4.78, 5) is 25.2. The Kier molecular flexibility index (Phi) is 4.19. The van der Waals surface area contributed by atoms with Crippen molar-refractivity contribution in [1.82, 2.24) is 10.1 Å². The Morgan fingerprint density at radius 1 is 1.50 bits per heavy atom. The van der Waals surface area contributed by atoms with E-state index in [9.17, 15) is 9.59 Å². The molecule has 0 atom stereocenters. The van der Waals surface area contributed by atoms with Crippen molar-refractivity contribution in [3.63, 3.8) is 0 Å². The van der Waals surface area contributed by atoms with Crippen LogP contribution in [0.4, 0.5) is 0 Å². The first-order valence-corrected chi connectivity index (χ1v) is 6.90. The Labute approximate surface area is 119 Å². The van der Waals surface area contributed by atoms with E-state index in [0.717, 1.165) is 4.88 Å². The predicted octanol–water partition coefficient (Wildman–Crippen LogP) is 2.34. The van der Waals surface area contributed by atoms with Crippen LogP contribution >= 0.6 is 11.3 Å². The molecular formula is C13H14N2O4S. The lowest BCUT2D eigenvalue weighted by Gasteiger charge is -2.23. The fourth-order valence-electron chi connectivity index (χ4n) is 1.69. The number of aromatic nitrogens is 1. The highest BCUT2D eigenvalue weighted by Crippen LogP contribution is 2.25. The normalized spacial score (nSPS) is 10.8. The van der Waals surface area contributed by atoms with Crippen molar-refractivity contribution in [2.45, 2.75) is 19.9 Å². The number of aliphatic carboxylic acids is 1. The van der Waals surface area contributed by atoms with Gasteiger partial charge in [-0.2, -0.15) is 0 Å². The maximum absolute atomic E-state index is 12.2. The van der Waals surface area contributed by atoms with Gasteiger partial charge in [0.1, 0.15) is 6.54 Å². The molecule has 0 fully saturated rings. The summed E-state index contributed by atoms with van der Waals surface area (Å²) in [5, 5.41) is 14.5. The molecule has 0 aromatic carbocycles. The highest BCUT2D eigenvalue weighted by molar-refractivity contribution is 7.13. The summed E-state index contributed by atoms with van der Waals surface area (Å²) in [5.74, 6) is -1.01. The van der Waals surface area contributed by atoms with Crippen LogP contribution in [0.15, 0.2) is 28.1 Å². The molecule has 0 unspecified atom stereocenters. The molecule has 0 aliphatic heterocycles. The van der Waals surface area contributed by atoms with Gasteiger partial charge in [-0.05, 0) is 25.3 Å². The third kappa shape index (κ3) is 3.05. The molecular weight excluding hydrogens is 280 g/mol. The van der Waals surface area contributed by atoms with Crippen LogP contribution in [0.1, 0.15) is 24.3 Å². The molecule has 0 radical (unpaired) electrons. The van der Waals surface area contributed by atoms with Gasteiger partial charge in [-0.15, -0.1) is 11.3 Å². The van der Waals surface area contributed by atoms with E-state index in [1.807, 2.05) is 17.5 Å². The van der Waals surface area contributed by atoms with E-state index in [1.54, 1.807) is 13.8 Å². The third-order valence-electron chi connectivity index (χ3n) is 2.68. The number of carbonyl (C=O) groups is 2. The number of nitrogens with zero attached hydrogens (tertiary/aromatic N) is 2. The van der Waals surface area contributed by atoms with Crippen molar-refractivity contribution in [1.29, 1.82) is 0 Å². The smallest absolute Gasteiger partial charge is 0.323 e. The van der Waals surface area contributed by atoms with Crippen molar-refractivity contribution in [3.8, 4) is 10.6 Å². The lowest BCUT2D eigenvalue weighted by Crippen LogP contribution is -2.40. The topological polar surface area (TPSA) is 83.6 Å². The molecule has 0 saturated heterocycles. The van der Waals surface area contributed by atoms with Crippen molar-refractivity contribution in [2.24, 2.45) is 0 Å². The fourth-order valence-corrected chi connectivity index (χ4v) is 2.37. The van der Waals surface area contributed by atoms with Crippen LogP contribution in [-0.2, 0) is 4.79 Å². The maximum Gasteiger partial charge on any atom is 0.323 e. The number of carboxylic acid groups (broad SMARTS) is 1. The SMILES string of the molecule is CC(C)N(CC(=O)O)C(=O)c1cc(-c2cccs2)on1. The Hall–Kier alpha value is -2.15. The number of amides is 1. The van der Waals surface area contributed by atoms with Gasteiger partial charge >= 0.3 is 5.97 Å². The minimum absolute atomic E-state index is 0.114. The first-order valence-electron chi connectivity index (χ1n) is 6.02. The van der Waals surface area contributed by atoms with E-state index in [2.05, 4.69) is 5.16 Å². The van der Waals surface area contributed by atoms with Crippen molar-refractivity contribution in [3.05, 3.63) is 29.3 Å². The molecule has 2 rings (SSSR count). The van der Waals surface area contributed by atoms with E-state index >= 15 is 0 Å². The standard InChI is InChI=1S/C13H14N2O4S/c1-8(2)15(7-12(16)17)13(18)9-6-10(19-14-9)11-4-3-5-20-11/h3-6,8H,7H2,1-2H3,(H,16,17). The number of thiophene rings is 1. The molecule has 1 amide bonds. The lowest BCUT2D eigenvalue weighted by molar-refractivity contribution is -0.138. The van der Waals surface area contributed by atoms with Crippen molar-refractivity contribution >= 4 is 23.2 Å². The minimum atomic E-state index is -1.06.